The van der Waals surface area contributed by atoms with Gasteiger partial charge in [-0.2, -0.15) is 0 Å². The third-order valence-corrected chi connectivity index (χ3v) is 10.0. The molecule has 0 radical (unpaired) electrons. The molecule has 6 rings (SSSR count). The van der Waals surface area contributed by atoms with E-state index in [2.05, 4.69) is 65.3 Å². The molecule has 2 aliphatic rings. The van der Waals surface area contributed by atoms with Gasteiger partial charge in [-0.3, -0.25) is 19.6 Å². The number of alkyl carbamates (subject to hydrolysis) is 1. The minimum atomic E-state index is -0.981. The van der Waals surface area contributed by atoms with Crippen molar-refractivity contribution in [1.82, 2.24) is 30.3 Å². The number of aryl methyl sites for hydroxylation is 1. The fourth-order valence-corrected chi connectivity index (χ4v) is 7.70. The summed E-state index contributed by atoms with van der Waals surface area (Å²) in [6, 6.07) is 8.75. The Morgan fingerprint density at radius 2 is 2.02 bits per heavy atom. The average Bonchev–Trinajstić information content (AvgIpc) is 3.67. The predicted octanol–water partition coefficient (Wildman–Crippen LogP) is 6.05. The van der Waals surface area contributed by atoms with Crippen LogP contribution in [0.15, 0.2) is 41.9 Å². The number of nitrogens with one attached hydrogen (secondary N) is 2. The van der Waals surface area contributed by atoms with Crippen LogP contribution in [0, 0.1) is 5.41 Å². The van der Waals surface area contributed by atoms with Gasteiger partial charge in [-0.25, -0.2) is 15.2 Å². The Morgan fingerprint density at radius 3 is 2.76 bits per heavy atom. The molecule has 0 spiro atoms. The summed E-state index contributed by atoms with van der Waals surface area (Å²) in [6.07, 6.45) is 2.95. The number of amides is 2. The molecule has 0 unspecified atom stereocenters. The van der Waals surface area contributed by atoms with Crippen LogP contribution in [0.5, 0.6) is 0 Å². The topological polar surface area (TPSA) is 137 Å². The van der Waals surface area contributed by atoms with Gasteiger partial charge in [0, 0.05) is 65.6 Å². The summed E-state index contributed by atoms with van der Waals surface area (Å²) in [7, 11) is 1.67. The standard InChI is InChI=1S/C38H48N6O6S/c1-8-43-31-14-13-23-17-26(31)27(32(43)25-11-9-15-39-30(25)20-48-7)19-38(5,6)22-49-35(46)28-12-10-16-44(42-28)34(45)29(18-24-21-51-33(23)40-24)41-36(47)50-37(2,3)4/h9,11,13-15,17,21,28-29,42H,8,10,12,16,18-20,22H2,1-7H3,(H,41,47)/t28-,29-/m0/s1. The number of ether oxygens (including phenoxy) is 3. The molecule has 4 aromatic rings. The van der Waals surface area contributed by atoms with Crippen molar-refractivity contribution in [3.63, 3.8) is 0 Å². The molecule has 1 aromatic carbocycles. The van der Waals surface area contributed by atoms with Crippen LogP contribution < -0.4 is 10.7 Å². The largest absolute Gasteiger partial charge is 0.464 e. The number of methoxy groups -OCH3 is 1. The zero-order valence-corrected chi connectivity index (χ0v) is 31.3. The van der Waals surface area contributed by atoms with Crippen LogP contribution in [-0.4, -0.2) is 75.5 Å². The molecule has 51 heavy (non-hydrogen) atoms. The van der Waals surface area contributed by atoms with E-state index in [0.29, 0.717) is 38.1 Å². The number of nitrogens with zero attached hydrogens (tertiary/aromatic N) is 4. The highest BCUT2D eigenvalue weighted by molar-refractivity contribution is 7.13. The molecule has 13 heteroatoms. The van der Waals surface area contributed by atoms with Gasteiger partial charge in [0.05, 0.1) is 30.3 Å². The predicted molar refractivity (Wildman–Crippen MR) is 196 cm³/mol. The van der Waals surface area contributed by atoms with E-state index in [1.165, 1.54) is 16.3 Å². The maximum Gasteiger partial charge on any atom is 0.408 e. The maximum absolute atomic E-state index is 14.0. The van der Waals surface area contributed by atoms with E-state index in [-0.39, 0.29) is 18.9 Å². The van der Waals surface area contributed by atoms with Crippen LogP contribution >= 0.6 is 11.3 Å². The van der Waals surface area contributed by atoms with Crippen molar-refractivity contribution in [2.45, 2.75) is 98.1 Å². The number of fused-ring (bicyclic) bond motifs is 6. The Hall–Kier alpha value is -4.33. The summed E-state index contributed by atoms with van der Waals surface area (Å²) in [4.78, 5) is 50.1. The van der Waals surface area contributed by atoms with E-state index < -0.39 is 35.2 Å². The van der Waals surface area contributed by atoms with Crippen molar-refractivity contribution in [2.75, 3.05) is 20.3 Å². The number of benzene rings is 1. The Kier molecular flexibility index (Phi) is 10.5. The molecule has 0 aliphatic carbocycles. The highest BCUT2D eigenvalue weighted by Gasteiger charge is 2.36. The molecular weight excluding hydrogens is 669 g/mol. The molecule has 2 aliphatic heterocycles. The number of thiazole rings is 1. The molecule has 2 atom stereocenters. The van der Waals surface area contributed by atoms with E-state index in [1.54, 1.807) is 34.1 Å². The van der Waals surface area contributed by atoms with Crippen molar-refractivity contribution in [3.05, 3.63) is 58.9 Å². The number of carbonyl (C=O) groups excluding carboxylic acids is 3. The molecule has 2 amide bonds. The number of esters is 1. The third kappa shape index (κ3) is 8.10. The highest BCUT2D eigenvalue weighted by Crippen LogP contribution is 2.41. The lowest BCUT2D eigenvalue weighted by molar-refractivity contribution is -0.155. The molecule has 1 saturated heterocycles. The van der Waals surface area contributed by atoms with Gasteiger partial charge in [0.15, 0.2) is 0 Å². The number of hydrazine groups is 1. The van der Waals surface area contributed by atoms with E-state index in [0.717, 1.165) is 50.5 Å². The van der Waals surface area contributed by atoms with Gasteiger partial charge in [0.1, 0.15) is 22.7 Å². The first-order valence-corrected chi connectivity index (χ1v) is 18.4. The second-order valence-electron chi connectivity index (χ2n) is 15.0. The van der Waals surface area contributed by atoms with Crippen LogP contribution in [0.4, 0.5) is 4.79 Å². The van der Waals surface area contributed by atoms with Gasteiger partial charge in [-0.1, -0.05) is 13.8 Å². The first-order valence-electron chi connectivity index (χ1n) is 17.5. The van der Waals surface area contributed by atoms with Gasteiger partial charge < -0.3 is 24.1 Å². The Balaban J connectivity index is 1.48. The SMILES string of the molecule is CCn1c(-c2cccnc2COC)c2c3cc(ccc31)-c1nc(cs1)C[C@H](NC(=O)OC(C)(C)C)C(=O)N1CCC[C@H](N1)C(=O)OCC(C)(C)C2. The number of hydrogen-bond acceptors (Lipinski definition) is 10. The quantitative estimate of drug-likeness (QED) is 0.237. The minimum absolute atomic E-state index is 0.142. The molecule has 12 nitrogen and oxygen atoms in total. The number of cyclic esters (lactones) is 1. The molecule has 272 valence electrons. The van der Waals surface area contributed by atoms with Gasteiger partial charge in [0.2, 0.25) is 0 Å². The van der Waals surface area contributed by atoms with E-state index in [4.69, 9.17) is 19.2 Å². The zero-order chi connectivity index (χ0) is 36.5. The van der Waals surface area contributed by atoms with Crippen LogP contribution in [0.2, 0.25) is 0 Å². The molecule has 6 bridgehead atoms. The Labute approximate surface area is 302 Å². The third-order valence-electron chi connectivity index (χ3n) is 9.11. The van der Waals surface area contributed by atoms with Crippen molar-refractivity contribution in [2.24, 2.45) is 5.41 Å². The van der Waals surface area contributed by atoms with E-state index >= 15 is 0 Å². The molecule has 3 aromatic heterocycles. The van der Waals surface area contributed by atoms with Gasteiger partial charge in [-0.15, -0.1) is 11.3 Å². The maximum atomic E-state index is 14.0. The number of hydrogen-bond donors (Lipinski definition) is 2. The summed E-state index contributed by atoms with van der Waals surface area (Å²) >= 11 is 1.49. The van der Waals surface area contributed by atoms with E-state index in [9.17, 15) is 14.4 Å². The number of rotatable bonds is 5. The van der Waals surface area contributed by atoms with Crippen molar-refractivity contribution in [1.29, 1.82) is 0 Å². The van der Waals surface area contributed by atoms with Crippen LogP contribution in [0.3, 0.4) is 0 Å². The lowest BCUT2D eigenvalue weighted by Gasteiger charge is -2.35. The lowest BCUT2D eigenvalue weighted by Crippen LogP contribution is -2.60. The summed E-state index contributed by atoms with van der Waals surface area (Å²) in [5, 5.41) is 8.00. The summed E-state index contributed by atoms with van der Waals surface area (Å²) in [5.74, 6) is -0.798. The van der Waals surface area contributed by atoms with Gasteiger partial charge in [0.25, 0.3) is 5.91 Å². The van der Waals surface area contributed by atoms with Gasteiger partial charge in [-0.05, 0) is 82.9 Å². The molecule has 0 saturated carbocycles. The Bertz CT molecular complexity index is 1930. The first kappa shape index (κ1) is 36.5. The monoisotopic (exact) mass is 716 g/mol. The van der Waals surface area contributed by atoms with Crippen LogP contribution in [0.1, 0.15) is 71.3 Å². The van der Waals surface area contributed by atoms with Crippen molar-refractivity contribution < 1.29 is 28.6 Å². The lowest BCUT2D eigenvalue weighted by atomic mass is 9.84. The summed E-state index contributed by atoms with van der Waals surface area (Å²) < 4.78 is 19.4. The average molecular weight is 717 g/mol. The van der Waals surface area contributed by atoms with Crippen LogP contribution in [-0.2, 0) is 49.8 Å². The number of pyridine rings is 1. The zero-order valence-electron chi connectivity index (χ0n) is 30.5. The fraction of sp³-hybridized carbons (Fsp3) is 0.500. The number of aromatic nitrogens is 3. The summed E-state index contributed by atoms with van der Waals surface area (Å²) in [6.45, 7) is 13.3. The first-order chi connectivity index (χ1) is 24.3. The molecular formula is C38H48N6O6S. The normalized spacial score (nSPS) is 19.8. The van der Waals surface area contributed by atoms with Crippen molar-refractivity contribution >= 4 is 40.2 Å². The summed E-state index contributed by atoms with van der Waals surface area (Å²) in [5.41, 5.74) is 8.61. The van der Waals surface area contributed by atoms with Gasteiger partial charge >= 0.3 is 12.1 Å². The fourth-order valence-electron chi connectivity index (χ4n) is 6.87. The smallest absolute Gasteiger partial charge is 0.408 e. The molecule has 2 N–H and O–H groups in total. The second kappa shape index (κ2) is 14.7. The van der Waals surface area contributed by atoms with Crippen LogP contribution in [0.25, 0.3) is 32.7 Å². The Morgan fingerprint density at radius 1 is 1.22 bits per heavy atom. The molecule has 5 heterocycles. The van der Waals surface area contributed by atoms with Crippen molar-refractivity contribution in [3.8, 4) is 21.8 Å². The molecule has 1 fully saturated rings. The second-order valence-corrected chi connectivity index (χ2v) is 15.9. The number of carbonyl (C=O) groups is 3. The highest BCUT2D eigenvalue weighted by atomic mass is 32.1. The minimum Gasteiger partial charge on any atom is -0.464 e. The van der Waals surface area contributed by atoms with E-state index in [1.807, 2.05) is 11.4 Å².